The fourth-order valence-electron chi connectivity index (χ4n) is 3.74. The number of ether oxygens (including phenoxy) is 1. The molecular formula is C24H25ClN2O4. The normalized spacial score (nSPS) is 14.3. The highest BCUT2D eigenvalue weighted by molar-refractivity contribution is 6.33. The number of likely N-dealkylation sites (tertiary alicyclic amines) is 1. The highest BCUT2D eigenvalue weighted by Crippen LogP contribution is 2.34. The van der Waals surface area contributed by atoms with Crippen molar-refractivity contribution in [2.24, 2.45) is 0 Å². The second-order valence-corrected chi connectivity index (χ2v) is 7.68. The zero-order valence-corrected chi connectivity index (χ0v) is 18.1. The summed E-state index contributed by atoms with van der Waals surface area (Å²) in [5.74, 6) is 0.701. The lowest BCUT2D eigenvalue weighted by molar-refractivity contribution is -0.138. The lowest BCUT2D eigenvalue weighted by Gasteiger charge is -2.29. The number of pyridine rings is 1. The molecule has 1 N–H and O–H groups in total. The first-order valence-electron chi connectivity index (χ1n) is 10.2. The van der Waals surface area contributed by atoms with Gasteiger partial charge < -0.3 is 14.7 Å². The van der Waals surface area contributed by atoms with Crippen molar-refractivity contribution in [2.75, 3.05) is 13.1 Å². The van der Waals surface area contributed by atoms with Gasteiger partial charge in [0, 0.05) is 41.3 Å². The first kappa shape index (κ1) is 22.6. The highest BCUT2D eigenvalue weighted by Gasteiger charge is 2.23. The third-order valence-corrected chi connectivity index (χ3v) is 5.54. The molecule has 4 rings (SSSR count). The van der Waals surface area contributed by atoms with Gasteiger partial charge in [-0.25, -0.2) is 0 Å². The molecule has 1 aliphatic rings. The van der Waals surface area contributed by atoms with Crippen molar-refractivity contribution >= 4 is 34.9 Å². The Morgan fingerprint density at radius 2 is 1.84 bits per heavy atom. The van der Waals surface area contributed by atoms with Crippen LogP contribution in [0.3, 0.4) is 0 Å². The molecule has 1 unspecified atom stereocenters. The van der Waals surface area contributed by atoms with Crippen LogP contribution in [0.5, 0.6) is 5.75 Å². The van der Waals surface area contributed by atoms with Gasteiger partial charge in [0.2, 0.25) is 0 Å². The molecule has 6 nitrogen and oxygen atoms in total. The molecule has 3 aromatic rings. The number of carbonyl (C=O) groups is 2. The van der Waals surface area contributed by atoms with Crippen molar-refractivity contribution in [3.05, 3.63) is 59.8 Å². The van der Waals surface area contributed by atoms with E-state index in [0.717, 1.165) is 48.0 Å². The van der Waals surface area contributed by atoms with Gasteiger partial charge in [0.05, 0.1) is 5.52 Å². The minimum atomic E-state index is -0.512. The molecule has 1 aromatic heterocycles. The van der Waals surface area contributed by atoms with Crippen LogP contribution in [0.4, 0.5) is 0 Å². The Morgan fingerprint density at radius 1 is 1.13 bits per heavy atom. The van der Waals surface area contributed by atoms with E-state index in [2.05, 4.69) is 4.98 Å². The molecule has 1 saturated heterocycles. The molecule has 1 amide bonds. The van der Waals surface area contributed by atoms with E-state index >= 15 is 0 Å². The molecule has 0 saturated carbocycles. The van der Waals surface area contributed by atoms with Gasteiger partial charge in [-0.15, -0.1) is 0 Å². The van der Waals surface area contributed by atoms with Crippen LogP contribution in [0, 0.1) is 0 Å². The number of rotatable bonds is 4. The third kappa shape index (κ3) is 5.52. The number of amides is 1. The molecule has 1 atom stereocenters. The lowest BCUT2D eigenvalue weighted by atomic mass is 10.0. The summed E-state index contributed by atoms with van der Waals surface area (Å²) in [5, 5.41) is 8.59. The largest absolute Gasteiger partial charge is 0.483 e. The van der Waals surface area contributed by atoms with Gasteiger partial charge >= 0.3 is 0 Å². The maximum absolute atomic E-state index is 12.6. The molecule has 0 radical (unpaired) electrons. The highest BCUT2D eigenvalue weighted by atomic mass is 35.5. The Labute approximate surface area is 186 Å². The monoisotopic (exact) mass is 440 g/mol. The van der Waals surface area contributed by atoms with Crippen LogP contribution in [-0.2, 0) is 9.59 Å². The van der Waals surface area contributed by atoms with Crippen LogP contribution in [0.25, 0.3) is 22.0 Å². The van der Waals surface area contributed by atoms with Gasteiger partial charge in [0.15, 0.2) is 6.10 Å². The molecule has 0 bridgehead atoms. The molecule has 0 spiro atoms. The predicted octanol–water partition coefficient (Wildman–Crippen LogP) is 5.04. The number of aromatic nitrogens is 1. The predicted molar refractivity (Wildman–Crippen MR) is 121 cm³/mol. The Morgan fingerprint density at radius 3 is 2.55 bits per heavy atom. The first-order chi connectivity index (χ1) is 15.0. The zero-order chi connectivity index (χ0) is 22.2. The fraction of sp³-hybridized carbons (Fsp3) is 0.292. The molecule has 2 aromatic carbocycles. The number of carbonyl (C=O) groups excluding carboxylic acids is 1. The van der Waals surface area contributed by atoms with Crippen LogP contribution in [0.1, 0.15) is 26.2 Å². The number of hydrogen-bond donors (Lipinski definition) is 1. The van der Waals surface area contributed by atoms with Crippen molar-refractivity contribution in [3.8, 4) is 16.9 Å². The summed E-state index contributed by atoms with van der Waals surface area (Å²) in [7, 11) is 0. The average molecular weight is 441 g/mol. The summed E-state index contributed by atoms with van der Waals surface area (Å²) >= 11 is 6.38. The van der Waals surface area contributed by atoms with E-state index in [0.29, 0.717) is 10.8 Å². The minimum Gasteiger partial charge on any atom is -0.483 e. The molecule has 162 valence electrons. The van der Waals surface area contributed by atoms with E-state index in [1.165, 1.54) is 6.42 Å². The summed E-state index contributed by atoms with van der Waals surface area (Å²) < 4.78 is 5.95. The van der Waals surface area contributed by atoms with Crippen molar-refractivity contribution in [1.29, 1.82) is 0 Å². The number of halogens is 1. The Bertz CT molecular complexity index is 1050. The molecule has 1 fully saturated rings. The van der Waals surface area contributed by atoms with E-state index < -0.39 is 6.10 Å². The van der Waals surface area contributed by atoms with Crippen molar-refractivity contribution in [1.82, 2.24) is 9.88 Å². The molecule has 1 aliphatic heterocycles. The van der Waals surface area contributed by atoms with E-state index in [1.54, 1.807) is 6.20 Å². The second-order valence-electron chi connectivity index (χ2n) is 7.27. The van der Waals surface area contributed by atoms with Gasteiger partial charge in [-0.2, -0.15) is 0 Å². The van der Waals surface area contributed by atoms with Gasteiger partial charge in [-0.05, 0) is 56.0 Å². The van der Waals surface area contributed by atoms with Crippen molar-refractivity contribution in [2.45, 2.75) is 32.3 Å². The minimum absolute atomic E-state index is 0.0533. The van der Waals surface area contributed by atoms with Gasteiger partial charge in [-0.1, -0.05) is 29.8 Å². The lowest BCUT2D eigenvalue weighted by Crippen LogP contribution is -2.43. The Hall–Kier alpha value is -3.12. The standard InChI is InChI=1S/C23H23ClN2O2.CH2O2/c1-16(23(27)26-13-5-2-6-14-26)28-17-9-10-20-18(11-12-25-22(20)15-17)19-7-3-4-8-21(19)24;2-1-3/h3-4,7-12,15-16H,2,5-6,13-14H2,1H3;1H,(H,2,3). The smallest absolute Gasteiger partial charge is 0.290 e. The summed E-state index contributed by atoms with van der Waals surface area (Å²) in [4.78, 5) is 27.4. The van der Waals surface area contributed by atoms with Gasteiger partial charge in [-0.3, -0.25) is 14.6 Å². The molecule has 0 aliphatic carbocycles. The van der Waals surface area contributed by atoms with E-state index in [1.807, 2.05) is 60.4 Å². The summed E-state index contributed by atoms with van der Waals surface area (Å²) in [5.41, 5.74) is 2.81. The van der Waals surface area contributed by atoms with E-state index in [-0.39, 0.29) is 12.4 Å². The molecule has 2 heterocycles. The summed E-state index contributed by atoms with van der Waals surface area (Å²) in [6.45, 7) is 3.22. The number of carboxylic acid groups (broad SMARTS) is 1. The summed E-state index contributed by atoms with van der Waals surface area (Å²) in [6.07, 6.45) is 4.60. The Kier molecular flexibility index (Phi) is 7.84. The van der Waals surface area contributed by atoms with Crippen molar-refractivity contribution in [3.63, 3.8) is 0 Å². The second kappa shape index (κ2) is 10.8. The molecule has 7 heteroatoms. The van der Waals surface area contributed by atoms with Gasteiger partial charge in [0.1, 0.15) is 5.75 Å². The average Bonchev–Trinajstić information content (AvgIpc) is 2.79. The molecule has 31 heavy (non-hydrogen) atoms. The molecular weight excluding hydrogens is 416 g/mol. The van der Waals surface area contributed by atoms with Crippen LogP contribution in [0.15, 0.2) is 54.7 Å². The first-order valence-corrected chi connectivity index (χ1v) is 10.6. The van der Waals surface area contributed by atoms with Crippen molar-refractivity contribution < 1.29 is 19.4 Å². The maximum atomic E-state index is 12.6. The Balaban J connectivity index is 0.000000858. The SMILES string of the molecule is CC(Oc1ccc2c(-c3ccccc3Cl)ccnc2c1)C(=O)N1CCCCC1.O=CO. The quantitative estimate of drug-likeness (QED) is 0.575. The fourth-order valence-corrected chi connectivity index (χ4v) is 3.98. The van der Waals surface area contributed by atoms with E-state index in [4.69, 9.17) is 26.2 Å². The van der Waals surface area contributed by atoms with E-state index in [9.17, 15) is 4.79 Å². The third-order valence-electron chi connectivity index (χ3n) is 5.21. The number of fused-ring (bicyclic) bond motifs is 1. The number of piperidine rings is 1. The number of hydrogen-bond acceptors (Lipinski definition) is 4. The van der Waals surface area contributed by atoms with Crippen LogP contribution < -0.4 is 4.74 Å². The topological polar surface area (TPSA) is 79.7 Å². The van der Waals surface area contributed by atoms with Gasteiger partial charge in [0.25, 0.3) is 12.4 Å². The number of nitrogens with zero attached hydrogens (tertiary/aromatic N) is 2. The maximum Gasteiger partial charge on any atom is 0.290 e. The zero-order valence-electron chi connectivity index (χ0n) is 17.3. The van der Waals surface area contributed by atoms with Crippen LogP contribution in [0.2, 0.25) is 5.02 Å². The van der Waals surface area contributed by atoms with Crippen LogP contribution in [-0.4, -0.2) is 46.6 Å². The van der Waals surface area contributed by atoms with Crippen LogP contribution >= 0.6 is 11.6 Å². The summed E-state index contributed by atoms with van der Waals surface area (Å²) in [6, 6.07) is 15.5. The number of benzene rings is 2.